The van der Waals surface area contributed by atoms with Crippen molar-refractivity contribution in [1.29, 1.82) is 0 Å². The quantitative estimate of drug-likeness (QED) is 0.917. The van der Waals surface area contributed by atoms with Crippen LogP contribution in [-0.2, 0) is 12.8 Å². The fourth-order valence-electron chi connectivity index (χ4n) is 2.53. The first-order chi connectivity index (χ1) is 9.34. The van der Waals surface area contributed by atoms with Gasteiger partial charge in [0.1, 0.15) is 5.75 Å². The maximum Gasteiger partial charge on any atom is 0.128 e. The molecule has 0 saturated carbocycles. The van der Waals surface area contributed by atoms with Gasteiger partial charge >= 0.3 is 0 Å². The minimum absolute atomic E-state index is 0.544. The lowest BCUT2D eigenvalue weighted by molar-refractivity contribution is 0.169. The number of hydrogen-bond acceptors (Lipinski definition) is 3. The summed E-state index contributed by atoms with van der Waals surface area (Å²) in [5.74, 6) is 0.880. The standard InChI is InChI=1S/C16H17NO2/c18-15(10-12-4-2-8-17-11-12)14-7-1-5-13-6-3-9-19-16(13)14/h1-2,4-5,7-8,11,15,18H,3,6,9-10H2. The SMILES string of the molecule is OC(Cc1cccnc1)c1cccc2c1OCCC2. The van der Waals surface area contributed by atoms with E-state index >= 15 is 0 Å². The Labute approximate surface area is 112 Å². The Morgan fingerprint density at radius 3 is 3.05 bits per heavy atom. The highest BCUT2D eigenvalue weighted by Gasteiger charge is 2.19. The zero-order valence-electron chi connectivity index (χ0n) is 10.7. The number of rotatable bonds is 3. The number of ether oxygens (including phenoxy) is 1. The minimum atomic E-state index is -0.544. The van der Waals surface area contributed by atoms with Crippen LogP contribution in [0.1, 0.15) is 29.2 Å². The number of aliphatic hydroxyl groups is 1. The van der Waals surface area contributed by atoms with Crippen LogP contribution in [0, 0.1) is 0 Å². The first-order valence-corrected chi connectivity index (χ1v) is 6.66. The summed E-state index contributed by atoms with van der Waals surface area (Å²) in [5, 5.41) is 10.4. The molecule has 1 unspecified atom stereocenters. The van der Waals surface area contributed by atoms with Crippen LogP contribution in [0.3, 0.4) is 0 Å². The average Bonchev–Trinajstić information content (AvgIpc) is 2.47. The fraction of sp³-hybridized carbons (Fsp3) is 0.312. The van der Waals surface area contributed by atoms with E-state index < -0.39 is 6.10 Å². The molecule has 98 valence electrons. The second kappa shape index (κ2) is 5.41. The molecule has 0 fully saturated rings. The van der Waals surface area contributed by atoms with Crippen LogP contribution in [-0.4, -0.2) is 16.7 Å². The van der Waals surface area contributed by atoms with Crippen molar-refractivity contribution in [3.05, 3.63) is 59.4 Å². The second-order valence-electron chi connectivity index (χ2n) is 4.87. The third-order valence-electron chi connectivity index (χ3n) is 3.47. The molecule has 3 nitrogen and oxygen atoms in total. The van der Waals surface area contributed by atoms with Gasteiger partial charge in [-0.05, 0) is 30.0 Å². The maximum absolute atomic E-state index is 10.4. The molecule has 1 atom stereocenters. The van der Waals surface area contributed by atoms with Gasteiger partial charge in [-0.3, -0.25) is 4.98 Å². The first kappa shape index (κ1) is 12.2. The van der Waals surface area contributed by atoms with Crippen molar-refractivity contribution in [2.75, 3.05) is 6.61 Å². The summed E-state index contributed by atoms with van der Waals surface area (Å²) in [6.45, 7) is 0.740. The van der Waals surface area contributed by atoms with E-state index in [1.165, 1.54) is 5.56 Å². The Morgan fingerprint density at radius 2 is 2.21 bits per heavy atom. The lowest BCUT2D eigenvalue weighted by Crippen LogP contribution is -2.13. The first-order valence-electron chi connectivity index (χ1n) is 6.66. The Balaban J connectivity index is 1.86. The predicted molar refractivity (Wildman–Crippen MR) is 73.2 cm³/mol. The Morgan fingerprint density at radius 1 is 1.26 bits per heavy atom. The molecular weight excluding hydrogens is 238 g/mol. The molecule has 19 heavy (non-hydrogen) atoms. The fourth-order valence-corrected chi connectivity index (χ4v) is 2.53. The molecule has 1 aromatic heterocycles. The number of benzene rings is 1. The predicted octanol–water partition coefficient (Wildman–Crippen LogP) is 2.68. The number of aryl methyl sites for hydroxylation is 1. The molecule has 0 aliphatic carbocycles. The molecule has 0 amide bonds. The molecule has 0 saturated heterocycles. The molecule has 0 bridgehead atoms. The highest BCUT2D eigenvalue weighted by molar-refractivity contribution is 5.44. The van der Waals surface area contributed by atoms with Crippen LogP contribution in [0.5, 0.6) is 5.75 Å². The molecule has 1 aliphatic heterocycles. The van der Waals surface area contributed by atoms with Gasteiger partial charge in [0, 0.05) is 24.4 Å². The molecule has 1 N–H and O–H groups in total. The number of nitrogens with zero attached hydrogens (tertiary/aromatic N) is 1. The van der Waals surface area contributed by atoms with Crippen LogP contribution < -0.4 is 4.74 Å². The number of fused-ring (bicyclic) bond motifs is 1. The van der Waals surface area contributed by atoms with E-state index in [4.69, 9.17) is 4.74 Å². The van der Waals surface area contributed by atoms with E-state index in [0.29, 0.717) is 6.42 Å². The van der Waals surface area contributed by atoms with Crippen molar-refractivity contribution in [3.63, 3.8) is 0 Å². The van der Waals surface area contributed by atoms with Crippen molar-refractivity contribution < 1.29 is 9.84 Å². The summed E-state index contributed by atoms with van der Waals surface area (Å²) in [6, 6.07) is 9.89. The zero-order valence-corrected chi connectivity index (χ0v) is 10.7. The van der Waals surface area contributed by atoms with Gasteiger partial charge in [0.2, 0.25) is 0 Å². The van der Waals surface area contributed by atoms with Gasteiger partial charge in [0.25, 0.3) is 0 Å². The van der Waals surface area contributed by atoms with E-state index in [0.717, 1.165) is 36.3 Å². The summed E-state index contributed by atoms with van der Waals surface area (Å²) in [5.41, 5.74) is 3.12. The van der Waals surface area contributed by atoms with Crippen molar-refractivity contribution in [2.24, 2.45) is 0 Å². The highest BCUT2D eigenvalue weighted by Crippen LogP contribution is 2.34. The number of aromatic nitrogens is 1. The van der Waals surface area contributed by atoms with Crippen molar-refractivity contribution in [3.8, 4) is 5.75 Å². The van der Waals surface area contributed by atoms with Gasteiger partial charge in [-0.1, -0.05) is 24.3 Å². The monoisotopic (exact) mass is 255 g/mol. The van der Waals surface area contributed by atoms with E-state index in [2.05, 4.69) is 11.1 Å². The van der Waals surface area contributed by atoms with Crippen LogP contribution in [0.15, 0.2) is 42.7 Å². The van der Waals surface area contributed by atoms with Crippen molar-refractivity contribution >= 4 is 0 Å². The van der Waals surface area contributed by atoms with E-state index in [1.807, 2.05) is 24.3 Å². The molecule has 3 heteroatoms. The van der Waals surface area contributed by atoms with E-state index in [9.17, 15) is 5.11 Å². The number of pyridine rings is 1. The smallest absolute Gasteiger partial charge is 0.128 e. The summed E-state index contributed by atoms with van der Waals surface area (Å²) in [6.07, 6.45) is 5.63. The summed E-state index contributed by atoms with van der Waals surface area (Å²) >= 11 is 0. The molecule has 0 spiro atoms. The minimum Gasteiger partial charge on any atom is -0.493 e. The van der Waals surface area contributed by atoms with Gasteiger partial charge in [-0.2, -0.15) is 0 Å². The van der Waals surface area contributed by atoms with Gasteiger partial charge in [0.15, 0.2) is 0 Å². The summed E-state index contributed by atoms with van der Waals surface area (Å²) < 4.78 is 5.74. The largest absolute Gasteiger partial charge is 0.493 e. The molecule has 2 heterocycles. The van der Waals surface area contributed by atoms with Crippen molar-refractivity contribution in [1.82, 2.24) is 4.98 Å². The van der Waals surface area contributed by atoms with Crippen LogP contribution in [0.2, 0.25) is 0 Å². The lowest BCUT2D eigenvalue weighted by Gasteiger charge is -2.22. The van der Waals surface area contributed by atoms with Gasteiger partial charge < -0.3 is 9.84 Å². The van der Waals surface area contributed by atoms with Crippen LogP contribution >= 0.6 is 0 Å². The van der Waals surface area contributed by atoms with Crippen molar-refractivity contribution in [2.45, 2.75) is 25.4 Å². The summed E-state index contributed by atoms with van der Waals surface area (Å²) in [4.78, 5) is 4.08. The Bertz CT molecular complexity index is 554. The molecule has 2 aromatic rings. The number of aliphatic hydroxyl groups excluding tert-OH is 1. The highest BCUT2D eigenvalue weighted by atomic mass is 16.5. The molecular formula is C16H17NO2. The summed E-state index contributed by atoms with van der Waals surface area (Å²) in [7, 11) is 0. The van der Waals surface area contributed by atoms with Gasteiger partial charge in [0.05, 0.1) is 12.7 Å². The molecule has 1 aliphatic rings. The molecule has 0 radical (unpaired) electrons. The van der Waals surface area contributed by atoms with Gasteiger partial charge in [-0.25, -0.2) is 0 Å². The lowest BCUT2D eigenvalue weighted by atomic mass is 9.96. The van der Waals surface area contributed by atoms with Gasteiger partial charge in [-0.15, -0.1) is 0 Å². The third kappa shape index (κ3) is 2.61. The van der Waals surface area contributed by atoms with E-state index in [-0.39, 0.29) is 0 Å². The maximum atomic E-state index is 10.4. The van der Waals surface area contributed by atoms with Crippen LogP contribution in [0.25, 0.3) is 0 Å². The second-order valence-corrected chi connectivity index (χ2v) is 4.87. The van der Waals surface area contributed by atoms with E-state index in [1.54, 1.807) is 12.4 Å². The molecule has 1 aromatic carbocycles. The van der Waals surface area contributed by atoms with Crippen LogP contribution in [0.4, 0.5) is 0 Å². The Kier molecular flexibility index (Phi) is 3.47. The zero-order chi connectivity index (χ0) is 13.1. The Hall–Kier alpha value is -1.87. The normalized spacial score (nSPS) is 15.4. The number of hydrogen-bond donors (Lipinski definition) is 1. The number of para-hydroxylation sites is 1. The average molecular weight is 255 g/mol. The topological polar surface area (TPSA) is 42.4 Å². The molecule has 3 rings (SSSR count). The third-order valence-corrected chi connectivity index (χ3v) is 3.47.